The van der Waals surface area contributed by atoms with E-state index in [-0.39, 0.29) is 11.6 Å². The number of hydrogen-bond acceptors (Lipinski definition) is 5. The summed E-state index contributed by atoms with van der Waals surface area (Å²) in [5.74, 6) is 0.615. The van der Waals surface area contributed by atoms with Gasteiger partial charge >= 0.3 is 6.61 Å². The Morgan fingerprint density at radius 2 is 2.00 bits per heavy atom. The largest absolute Gasteiger partial charge is 0.433 e. The molecule has 0 saturated carbocycles. The van der Waals surface area contributed by atoms with Crippen LogP contribution in [0.4, 0.5) is 26.1 Å². The first-order valence-corrected chi connectivity index (χ1v) is 5.94. The molecule has 3 N–H and O–H groups in total. The number of halogens is 3. The molecule has 1 aromatic carbocycles. The lowest BCUT2D eigenvalue weighted by molar-refractivity contribution is -0.0493. The predicted molar refractivity (Wildman–Crippen MR) is 70.5 cm³/mol. The van der Waals surface area contributed by atoms with Crippen LogP contribution in [0.2, 0.25) is 0 Å². The van der Waals surface area contributed by atoms with E-state index in [1.165, 1.54) is 12.4 Å². The summed E-state index contributed by atoms with van der Waals surface area (Å²) in [6, 6.07) is 6.28. The van der Waals surface area contributed by atoms with E-state index in [2.05, 4.69) is 36.0 Å². The minimum absolute atomic E-state index is 0.0154. The van der Waals surface area contributed by atoms with Crippen molar-refractivity contribution >= 4 is 33.3 Å². The molecule has 0 aliphatic heterocycles. The molecule has 0 spiro atoms. The van der Waals surface area contributed by atoms with Gasteiger partial charge in [0.1, 0.15) is 28.2 Å². The molecule has 0 atom stereocenters. The molecule has 5 nitrogen and oxygen atoms in total. The molecular weight excluding hydrogens is 322 g/mol. The Morgan fingerprint density at radius 3 is 2.74 bits per heavy atom. The maximum Gasteiger partial charge on any atom is 0.387 e. The topological polar surface area (TPSA) is 73.1 Å². The second kappa shape index (κ2) is 5.79. The van der Waals surface area contributed by atoms with E-state index in [0.29, 0.717) is 16.0 Å². The molecular formula is C11H9BrF2N4O. The number of nitrogens with two attached hydrogens (primary N) is 1. The van der Waals surface area contributed by atoms with Crippen LogP contribution in [-0.4, -0.2) is 16.6 Å². The lowest BCUT2D eigenvalue weighted by atomic mass is 10.3. The third-order valence-corrected chi connectivity index (χ3v) is 2.95. The van der Waals surface area contributed by atoms with Gasteiger partial charge in [-0.15, -0.1) is 0 Å². The van der Waals surface area contributed by atoms with Gasteiger partial charge in [-0.2, -0.15) is 8.78 Å². The fourth-order valence-corrected chi connectivity index (χ4v) is 1.67. The normalized spacial score (nSPS) is 10.5. The second-order valence-corrected chi connectivity index (χ2v) is 4.21. The first-order valence-electron chi connectivity index (χ1n) is 5.14. The van der Waals surface area contributed by atoms with Crippen LogP contribution < -0.4 is 15.8 Å². The maximum atomic E-state index is 12.3. The van der Waals surface area contributed by atoms with Crippen LogP contribution in [0.5, 0.6) is 5.75 Å². The smallest absolute Gasteiger partial charge is 0.387 e. The first-order chi connectivity index (χ1) is 9.08. The number of nitrogens with zero attached hydrogens (tertiary/aromatic N) is 2. The molecule has 1 aromatic heterocycles. The first kappa shape index (κ1) is 13.5. The van der Waals surface area contributed by atoms with Gasteiger partial charge in [0.25, 0.3) is 0 Å². The molecule has 2 rings (SSSR count). The Hall–Kier alpha value is -1.96. The Bertz CT molecular complexity index is 582. The number of ether oxygens (including phenoxy) is 1. The fraction of sp³-hybridized carbons (Fsp3) is 0.0909. The lowest BCUT2D eigenvalue weighted by Gasteiger charge is -2.13. The Morgan fingerprint density at radius 1 is 1.26 bits per heavy atom. The summed E-state index contributed by atoms with van der Waals surface area (Å²) in [5, 5.41) is 2.85. The minimum Gasteiger partial charge on any atom is -0.433 e. The number of rotatable bonds is 4. The van der Waals surface area contributed by atoms with E-state index in [1.54, 1.807) is 18.2 Å². The molecule has 2 aromatic rings. The summed E-state index contributed by atoms with van der Waals surface area (Å²) in [5.41, 5.74) is 5.95. The molecule has 0 radical (unpaired) electrons. The van der Waals surface area contributed by atoms with Crippen molar-refractivity contribution in [3.8, 4) is 5.75 Å². The van der Waals surface area contributed by atoms with Gasteiger partial charge in [-0.1, -0.05) is 12.1 Å². The molecule has 0 unspecified atom stereocenters. The zero-order chi connectivity index (χ0) is 13.8. The van der Waals surface area contributed by atoms with Crippen LogP contribution in [0.15, 0.2) is 35.1 Å². The van der Waals surface area contributed by atoms with E-state index < -0.39 is 6.61 Å². The summed E-state index contributed by atoms with van der Waals surface area (Å²) >= 11 is 3.21. The molecule has 100 valence electrons. The van der Waals surface area contributed by atoms with E-state index in [9.17, 15) is 8.78 Å². The van der Waals surface area contributed by atoms with Gasteiger partial charge in [0.05, 0.1) is 5.69 Å². The highest BCUT2D eigenvalue weighted by atomic mass is 79.9. The number of benzene rings is 1. The van der Waals surface area contributed by atoms with Crippen molar-refractivity contribution in [3.63, 3.8) is 0 Å². The minimum atomic E-state index is -2.90. The van der Waals surface area contributed by atoms with Crippen molar-refractivity contribution < 1.29 is 13.5 Å². The van der Waals surface area contributed by atoms with Crippen LogP contribution in [0.1, 0.15) is 0 Å². The summed E-state index contributed by atoms with van der Waals surface area (Å²) in [7, 11) is 0. The van der Waals surface area contributed by atoms with Crippen molar-refractivity contribution in [1.29, 1.82) is 0 Å². The highest BCUT2D eigenvalue weighted by molar-refractivity contribution is 9.10. The third-order valence-electron chi connectivity index (χ3n) is 2.17. The van der Waals surface area contributed by atoms with Crippen molar-refractivity contribution in [2.75, 3.05) is 11.1 Å². The highest BCUT2D eigenvalue weighted by Crippen LogP contribution is 2.32. The number of aromatic nitrogens is 2. The molecule has 8 heteroatoms. The zero-order valence-electron chi connectivity index (χ0n) is 9.48. The monoisotopic (exact) mass is 330 g/mol. The van der Waals surface area contributed by atoms with Crippen molar-refractivity contribution in [1.82, 2.24) is 9.97 Å². The van der Waals surface area contributed by atoms with E-state index in [4.69, 9.17) is 5.73 Å². The van der Waals surface area contributed by atoms with Gasteiger partial charge in [0.2, 0.25) is 0 Å². The number of anilines is 3. The van der Waals surface area contributed by atoms with E-state index >= 15 is 0 Å². The Labute approximate surface area is 115 Å². The fourth-order valence-electron chi connectivity index (χ4n) is 1.37. The molecule has 0 bridgehead atoms. The second-order valence-electron chi connectivity index (χ2n) is 3.42. The summed E-state index contributed by atoms with van der Waals surface area (Å²) in [6.07, 6.45) is 1.26. The van der Waals surface area contributed by atoms with Gasteiger partial charge in [-0.3, -0.25) is 0 Å². The standard InChI is InChI=1S/C11H9BrF2N4O/c12-8-9(15)16-5-17-10(8)18-6-3-1-2-4-7(6)19-11(13)14/h1-5,11H,(H3,15,16,17,18). The quantitative estimate of drug-likeness (QED) is 0.900. The van der Waals surface area contributed by atoms with Gasteiger partial charge in [0.15, 0.2) is 0 Å². The van der Waals surface area contributed by atoms with Crippen LogP contribution >= 0.6 is 15.9 Å². The third kappa shape index (κ3) is 3.28. The van der Waals surface area contributed by atoms with E-state index in [1.807, 2.05) is 0 Å². The molecule has 0 fully saturated rings. The van der Waals surface area contributed by atoms with Crippen molar-refractivity contribution in [3.05, 3.63) is 35.1 Å². The molecule has 0 aliphatic rings. The van der Waals surface area contributed by atoms with Gasteiger partial charge in [-0.25, -0.2) is 9.97 Å². The van der Waals surface area contributed by atoms with Gasteiger partial charge in [-0.05, 0) is 28.1 Å². The number of nitrogen functional groups attached to an aromatic ring is 1. The van der Waals surface area contributed by atoms with E-state index in [0.717, 1.165) is 0 Å². The van der Waals surface area contributed by atoms with Crippen LogP contribution in [0, 0.1) is 0 Å². The lowest BCUT2D eigenvalue weighted by Crippen LogP contribution is -2.05. The maximum absolute atomic E-state index is 12.3. The summed E-state index contributed by atoms with van der Waals surface area (Å²) in [6.45, 7) is -2.90. The molecule has 0 aliphatic carbocycles. The summed E-state index contributed by atoms with van der Waals surface area (Å²) < 4.78 is 29.4. The Kier molecular flexibility index (Phi) is 4.10. The zero-order valence-corrected chi connectivity index (χ0v) is 11.1. The molecule has 0 amide bonds. The van der Waals surface area contributed by atoms with Crippen LogP contribution in [0.25, 0.3) is 0 Å². The van der Waals surface area contributed by atoms with Crippen LogP contribution in [-0.2, 0) is 0 Å². The molecule has 19 heavy (non-hydrogen) atoms. The average Bonchev–Trinajstić information content (AvgIpc) is 2.36. The SMILES string of the molecule is Nc1ncnc(Nc2ccccc2OC(F)F)c1Br. The highest BCUT2D eigenvalue weighted by Gasteiger charge is 2.12. The number of nitrogens with one attached hydrogen (secondary N) is 1. The van der Waals surface area contributed by atoms with Crippen molar-refractivity contribution in [2.45, 2.75) is 6.61 Å². The number of para-hydroxylation sites is 2. The van der Waals surface area contributed by atoms with Gasteiger partial charge < -0.3 is 15.8 Å². The predicted octanol–water partition coefficient (Wildman–Crippen LogP) is 3.17. The molecule has 1 heterocycles. The summed E-state index contributed by atoms with van der Waals surface area (Å²) in [4.78, 5) is 7.74. The average molecular weight is 331 g/mol. The molecule has 0 saturated heterocycles. The Balaban J connectivity index is 2.30. The van der Waals surface area contributed by atoms with Gasteiger partial charge in [0, 0.05) is 0 Å². The number of hydrogen-bond donors (Lipinski definition) is 2. The van der Waals surface area contributed by atoms with Crippen LogP contribution in [0.3, 0.4) is 0 Å². The van der Waals surface area contributed by atoms with Crippen molar-refractivity contribution in [2.24, 2.45) is 0 Å². The number of alkyl halides is 2.